The second-order valence-corrected chi connectivity index (χ2v) is 3.79. The van der Waals surface area contributed by atoms with Gasteiger partial charge in [0.2, 0.25) is 0 Å². The molecule has 0 amide bonds. The lowest BCUT2D eigenvalue weighted by Crippen LogP contribution is -2.40. The summed E-state index contributed by atoms with van der Waals surface area (Å²) in [5.74, 6) is 0. The third-order valence-corrected chi connectivity index (χ3v) is 1.92. The molecule has 0 aliphatic rings. The molecule has 0 unspecified atom stereocenters. The van der Waals surface area contributed by atoms with E-state index < -0.39 is 0 Å². The summed E-state index contributed by atoms with van der Waals surface area (Å²) >= 11 is 0. The number of rotatable bonds is 4. The Morgan fingerprint density at radius 1 is 1.27 bits per heavy atom. The van der Waals surface area contributed by atoms with Gasteiger partial charge in [0.15, 0.2) is 0 Å². The first kappa shape index (κ1) is 10.9. The molecular formula is C9H21NO. The molecule has 0 aliphatic carbocycles. The van der Waals surface area contributed by atoms with E-state index in [4.69, 9.17) is 4.74 Å². The first-order valence-electron chi connectivity index (χ1n) is 4.27. The van der Waals surface area contributed by atoms with Gasteiger partial charge in [0.1, 0.15) is 0 Å². The molecule has 0 spiro atoms. The molecule has 11 heavy (non-hydrogen) atoms. The average Bonchev–Trinajstić information content (AvgIpc) is 1.86. The van der Waals surface area contributed by atoms with Crippen molar-refractivity contribution < 1.29 is 4.74 Å². The highest BCUT2D eigenvalue weighted by atomic mass is 16.5. The third kappa shape index (κ3) is 5.22. The largest absolute Gasteiger partial charge is 0.380 e. The van der Waals surface area contributed by atoms with E-state index in [1.807, 2.05) is 6.92 Å². The molecule has 0 aromatic heterocycles. The minimum absolute atomic E-state index is 0.261. The van der Waals surface area contributed by atoms with E-state index in [0.717, 1.165) is 19.8 Å². The zero-order valence-electron chi connectivity index (χ0n) is 8.48. The van der Waals surface area contributed by atoms with Crippen LogP contribution in [0.25, 0.3) is 0 Å². The Bertz CT molecular complexity index is 96.2. The van der Waals surface area contributed by atoms with Gasteiger partial charge in [0.05, 0.1) is 6.61 Å². The van der Waals surface area contributed by atoms with Crippen LogP contribution in [0.4, 0.5) is 0 Å². The fourth-order valence-corrected chi connectivity index (χ4v) is 0.681. The van der Waals surface area contributed by atoms with E-state index in [0.29, 0.717) is 0 Å². The Labute approximate surface area is 70.5 Å². The lowest BCUT2D eigenvalue weighted by atomic mass is 10.1. The van der Waals surface area contributed by atoms with Crippen molar-refractivity contribution in [1.82, 2.24) is 4.90 Å². The number of nitrogens with zero attached hydrogens (tertiary/aromatic N) is 1. The van der Waals surface area contributed by atoms with Crippen molar-refractivity contribution in [3.05, 3.63) is 0 Å². The van der Waals surface area contributed by atoms with Crippen molar-refractivity contribution in [2.75, 3.05) is 26.8 Å². The maximum Gasteiger partial charge on any atom is 0.0593 e. The van der Waals surface area contributed by atoms with Gasteiger partial charge in [-0.3, -0.25) is 4.90 Å². The van der Waals surface area contributed by atoms with E-state index >= 15 is 0 Å². The van der Waals surface area contributed by atoms with Crippen molar-refractivity contribution in [2.45, 2.75) is 33.2 Å². The van der Waals surface area contributed by atoms with Crippen molar-refractivity contribution >= 4 is 0 Å². The topological polar surface area (TPSA) is 12.5 Å². The number of hydrogen-bond donors (Lipinski definition) is 0. The Morgan fingerprint density at radius 3 is 2.18 bits per heavy atom. The van der Waals surface area contributed by atoms with Gasteiger partial charge in [-0.25, -0.2) is 0 Å². The second kappa shape index (κ2) is 4.73. The van der Waals surface area contributed by atoms with Crippen LogP contribution >= 0.6 is 0 Å². The second-order valence-electron chi connectivity index (χ2n) is 3.79. The monoisotopic (exact) mass is 159 g/mol. The quantitative estimate of drug-likeness (QED) is 0.579. The van der Waals surface area contributed by atoms with Crippen molar-refractivity contribution in [2.24, 2.45) is 0 Å². The smallest absolute Gasteiger partial charge is 0.0593 e. The summed E-state index contributed by atoms with van der Waals surface area (Å²) in [5, 5.41) is 0. The van der Waals surface area contributed by atoms with E-state index in [-0.39, 0.29) is 5.54 Å². The van der Waals surface area contributed by atoms with Gasteiger partial charge in [-0.2, -0.15) is 0 Å². The van der Waals surface area contributed by atoms with Crippen LogP contribution in [0.3, 0.4) is 0 Å². The molecule has 0 atom stereocenters. The summed E-state index contributed by atoms with van der Waals surface area (Å²) in [5.41, 5.74) is 0.261. The number of ether oxygens (including phenoxy) is 1. The van der Waals surface area contributed by atoms with Gasteiger partial charge in [-0.1, -0.05) is 0 Å². The highest BCUT2D eigenvalue weighted by Gasteiger charge is 2.15. The highest BCUT2D eigenvalue weighted by molar-refractivity contribution is 4.71. The van der Waals surface area contributed by atoms with Crippen LogP contribution in [0.1, 0.15) is 27.7 Å². The Balaban J connectivity index is 3.44. The molecule has 0 fully saturated rings. The third-order valence-electron chi connectivity index (χ3n) is 1.92. The predicted molar refractivity (Wildman–Crippen MR) is 48.9 cm³/mol. The van der Waals surface area contributed by atoms with E-state index in [2.05, 4.69) is 32.7 Å². The molecule has 0 aromatic rings. The lowest BCUT2D eigenvalue weighted by molar-refractivity contribution is 0.0877. The first-order chi connectivity index (χ1) is 4.98. The van der Waals surface area contributed by atoms with Crippen LogP contribution in [-0.2, 0) is 4.74 Å². The molecule has 0 bridgehead atoms. The van der Waals surface area contributed by atoms with Gasteiger partial charge in [-0.05, 0) is 34.7 Å². The van der Waals surface area contributed by atoms with Crippen molar-refractivity contribution in [3.63, 3.8) is 0 Å². The lowest BCUT2D eigenvalue weighted by Gasteiger charge is -2.31. The molecule has 0 heterocycles. The van der Waals surface area contributed by atoms with Gasteiger partial charge in [-0.15, -0.1) is 0 Å². The molecule has 0 aliphatic heterocycles. The molecule has 2 heteroatoms. The Morgan fingerprint density at radius 2 is 1.82 bits per heavy atom. The average molecular weight is 159 g/mol. The maximum atomic E-state index is 5.26. The van der Waals surface area contributed by atoms with Crippen molar-refractivity contribution in [3.8, 4) is 0 Å². The minimum atomic E-state index is 0.261. The molecule has 0 N–H and O–H groups in total. The molecular weight excluding hydrogens is 138 g/mol. The standard InChI is InChI=1S/C9H21NO/c1-6-11-8-7-10(5)9(2,3)4/h6-8H2,1-5H3. The van der Waals surface area contributed by atoms with E-state index in [9.17, 15) is 0 Å². The molecule has 0 radical (unpaired) electrons. The number of likely N-dealkylation sites (N-methyl/N-ethyl adjacent to an activating group) is 1. The molecule has 0 aromatic carbocycles. The van der Waals surface area contributed by atoms with E-state index in [1.54, 1.807) is 0 Å². The van der Waals surface area contributed by atoms with Gasteiger partial charge in [0.25, 0.3) is 0 Å². The summed E-state index contributed by atoms with van der Waals surface area (Å²) in [6.07, 6.45) is 0. The predicted octanol–water partition coefficient (Wildman–Crippen LogP) is 1.75. The highest BCUT2D eigenvalue weighted by Crippen LogP contribution is 2.08. The fourth-order valence-electron chi connectivity index (χ4n) is 0.681. The fraction of sp³-hybridized carbons (Fsp3) is 1.00. The van der Waals surface area contributed by atoms with Gasteiger partial charge >= 0.3 is 0 Å². The first-order valence-corrected chi connectivity index (χ1v) is 4.27. The summed E-state index contributed by atoms with van der Waals surface area (Å²) in [6, 6.07) is 0. The molecule has 0 saturated heterocycles. The van der Waals surface area contributed by atoms with Gasteiger partial charge < -0.3 is 4.74 Å². The Kier molecular flexibility index (Phi) is 4.69. The van der Waals surface area contributed by atoms with E-state index in [1.165, 1.54) is 0 Å². The van der Waals surface area contributed by atoms with Crippen LogP contribution in [-0.4, -0.2) is 37.2 Å². The van der Waals surface area contributed by atoms with Crippen LogP contribution < -0.4 is 0 Å². The summed E-state index contributed by atoms with van der Waals surface area (Å²) < 4.78 is 5.26. The molecule has 0 saturated carbocycles. The summed E-state index contributed by atoms with van der Waals surface area (Å²) in [4.78, 5) is 2.29. The van der Waals surface area contributed by atoms with Gasteiger partial charge in [0, 0.05) is 18.7 Å². The zero-order chi connectivity index (χ0) is 8.91. The van der Waals surface area contributed by atoms with Crippen LogP contribution in [0, 0.1) is 0 Å². The molecule has 0 rings (SSSR count). The van der Waals surface area contributed by atoms with Crippen LogP contribution in [0.2, 0.25) is 0 Å². The van der Waals surface area contributed by atoms with Crippen molar-refractivity contribution in [1.29, 1.82) is 0 Å². The normalized spacial score (nSPS) is 12.5. The van der Waals surface area contributed by atoms with Crippen LogP contribution in [0.15, 0.2) is 0 Å². The zero-order valence-corrected chi connectivity index (χ0v) is 8.48. The summed E-state index contributed by atoms with van der Waals surface area (Å²) in [6.45, 7) is 11.3. The Hall–Kier alpha value is -0.0800. The SMILES string of the molecule is CCOCCN(C)C(C)(C)C. The molecule has 2 nitrogen and oxygen atoms in total. The van der Waals surface area contributed by atoms with Crippen LogP contribution in [0.5, 0.6) is 0 Å². The molecule has 68 valence electrons. The maximum absolute atomic E-state index is 5.26. The summed E-state index contributed by atoms with van der Waals surface area (Å²) in [7, 11) is 2.12. The number of hydrogen-bond acceptors (Lipinski definition) is 2. The minimum Gasteiger partial charge on any atom is -0.380 e.